The summed E-state index contributed by atoms with van der Waals surface area (Å²) < 4.78 is 2.34. The number of carbonyl (C=O) groups is 3. The molecule has 258 valence electrons. The van der Waals surface area contributed by atoms with E-state index in [1.807, 2.05) is 52.0 Å². The molecular formula is C40H54N4O4. The number of Topliss-reactive ketones (excluding diaryl/α,β-unsaturated/α-hetero) is 1. The summed E-state index contributed by atoms with van der Waals surface area (Å²) in [7, 11) is 0. The summed E-state index contributed by atoms with van der Waals surface area (Å²) >= 11 is 0. The molecule has 48 heavy (non-hydrogen) atoms. The Labute approximate surface area is 286 Å². The van der Waals surface area contributed by atoms with Crippen LogP contribution in [0.4, 0.5) is 17.1 Å². The lowest BCUT2D eigenvalue weighted by Gasteiger charge is -2.34. The Morgan fingerprint density at radius 1 is 0.792 bits per heavy atom. The highest BCUT2D eigenvalue weighted by atomic mass is 16.3. The number of fused-ring (bicyclic) bond motifs is 2. The van der Waals surface area contributed by atoms with Crippen LogP contribution in [-0.4, -0.2) is 41.8 Å². The first-order valence-corrected chi connectivity index (χ1v) is 17.5. The molecule has 0 saturated carbocycles. The second-order valence-corrected chi connectivity index (χ2v) is 16.3. The number of benzene rings is 2. The first kappa shape index (κ1) is 35.4. The molecule has 0 saturated heterocycles. The normalized spacial score (nSPS) is 22.2. The van der Waals surface area contributed by atoms with Crippen LogP contribution < -0.4 is 35.8 Å². The third-order valence-electron chi connectivity index (χ3n) is 11.3. The van der Waals surface area contributed by atoms with Gasteiger partial charge in [-0.1, -0.05) is 47.3 Å². The van der Waals surface area contributed by atoms with Gasteiger partial charge in [-0.2, -0.15) is 0 Å². The van der Waals surface area contributed by atoms with E-state index in [9.17, 15) is 19.5 Å². The zero-order chi connectivity index (χ0) is 35.9. The molecule has 2 unspecified atom stereocenters. The highest BCUT2D eigenvalue weighted by molar-refractivity contribution is 6.52. The van der Waals surface area contributed by atoms with Gasteiger partial charge in [0.2, 0.25) is 17.2 Å². The quantitative estimate of drug-likeness (QED) is 0.416. The summed E-state index contributed by atoms with van der Waals surface area (Å²) in [5, 5.41) is 21.9. The number of nitrogens with zero attached hydrogens (tertiary/aromatic N) is 2. The molecule has 0 aromatic heterocycles. The number of ketones is 1. The Hall–Kier alpha value is -3.94. The first-order valence-electron chi connectivity index (χ1n) is 17.5. The molecule has 2 N–H and O–H groups in total. The first-order chi connectivity index (χ1) is 22.1. The van der Waals surface area contributed by atoms with Crippen molar-refractivity contribution in [2.75, 3.05) is 15.5 Å². The Morgan fingerprint density at radius 3 is 1.85 bits per heavy atom. The van der Waals surface area contributed by atoms with E-state index in [-0.39, 0.29) is 81.3 Å². The van der Waals surface area contributed by atoms with Gasteiger partial charge in [0.25, 0.3) is 0 Å². The summed E-state index contributed by atoms with van der Waals surface area (Å²) in [6.07, 6.45) is 0. The number of nitrogens with one attached hydrogen (secondary N) is 2. The van der Waals surface area contributed by atoms with Crippen LogP contribution in [0, 0.1) is 11.8 Å². The molecule has 2 aromatic rings. The van der Waals surface area contributed by atoms with Crippen molar-refractivity contribution in [3.8, 4) is 0 Å². The molecule has 2 aromatic carbocycles. The second kappa shape index (κ2) is 11.9. The van der Waals surface area contributed by atoms with E-state index < -0.39 is 0 Å². The van der Waals surface area contributed by atoms with Crippen LogP contribution in [0.2, 0.25) is 0 Å². The number of carbonyl (C=O) groups excluding carboxylic acids is 3. The Balaban J connectivity index is 1.82. The summed E-state index contributed by atoms with van der Waals surface area (Å²) in [6, 6.07) is 8.50. The highest BCUT2D eigenvalue weighted by Gasteiger charge is 2.47. The molecule has 2 amide bonds. The number of hydrogen-bond acceptors (Lipinski definition) is 5. The van der Waals surface area contributed by atoms with Crippen LogP contribution in [-0.2, 0) is 25.2 Å². The van der Waals surface area contributed by atoms with E-state index in [2.05, 4.69) is 89.3 Å². The third kappa shape index (κ3) is 5.26. The van der Waals surface area contributed by atoms with E-state index in [1.165, 1.54) is 0 Å². The van der Waals surface area contributed by atoms with Gasteiger partial charge >= 0.3 is 0 Å². The molecular weight excluding hydrogens is 600 g/mol. The number of allylic oxidation sites excluding steroid dienone is 2. The molecule has 2 atom stereocenters. The molecule has 2 heterocycles. The van der Waals surface area contributed by atoms with Crippen molar-refractivity contribution in [2.45, 2.75) is 132 Å². The minimum absolute atomic E-state index is 0.0661. The number of hydrogen-bond donors (Lipinski definition) is 2. The average Bonchev–Trinajstić information content (AvgIpc) is 3.29. The zero-order valence-electron chi connectivity index (χ0n) is 31.3. The minimum Gasteiger partial charge on any atom is -0.871 e. The van der Waals surface area contributed by atoms with Crippen molar-refractivity contribution in [1.82, 2.24) is 4.58 Å². The lowest BCUT2D eigenvalue weighted by Crippen LogP contribution is -2.42. The predicted molar refractivity (Wildman–Crippen MR) is 193 cm³/mol. The third-order valence-corrected chi connectivity index (χ3v) is 11.3. The lowest BCUT2D eigenvalue weighted by atomic mass is 9.76. The zero-order valence-corrected chi connectivity index (χ0v) is 31.3. The van der Waals surface area contributed by atoms with Crippen molar-refractivity contribution in [3.63, 3.8) is 0 Å². The van der Waals surface area contributed by atoms with Crippen molar-refractivity contribution >= 4 is 45.8 Å². The van der Waals surface area contributed by atoms with Gasteiger partial charge in [0.1, 0.15) is 6.04 Å². The Bertz CT molecular complexity index is 1890. The maximum atomic E-state index is 14.4. The van der Waals surface area contributed by atoms with Gasteiger partial charge in [0.15, 0.2) is 11.8 Å². The SMILES string of the molecule is CC(C)C(=O)Nc1cc2c(cc1C1=C([O-])/C(=c3\cc4c(cc3NC(=O)C(C)C)=[N+](C(C)C)C(C)C4(C)C)C1=O)C(C)(C)C(C)N2C(C)C. The van der Waals surface area contributed by atoms with Crippen molar-refractivity contribution < 1.29 is 19.5 Å². The second-order valence-electron chi connectivity index (χ2n) is 16.3. The summed E-state index contributed by atoms with van der Waals surface area (Å²) in [5.41, 5.74) is 4.04. The fourth-order valence-electron chi connectivity index (χ4n) is 7.71. The maximum absolute atomic E-state index is 14.4. The minimum atomic E-state index is -0.380. The van der Waals surface area contributed by atoms with Crippen molar-refractivity contribution in [2.24, 2.45) is 11.8 Å². The van der Waals surface area contributed by atoms with Crippen molar-refractivity contribution in [1.29, 1.82) is 0 Å². The lowest BCUT2D eigenvalue weighted by molar-refractivity contribution is -0.292. The van der Waals surface area contributed by atoms with Crippen LogP contribution in [0.5, 0.6) is 0 Å². The summed E-state index contributed by atoms with van der Waals surface area (Å²) in [6.45, 7) is 28.9. The standard InChI is InChI=1S/C40H54N4O4/c1-19(2)37(47)41-29-17-31-27(39(11,12)23(9)43(31)21(5)6)15-25(29)33-35(45)34(36(33)46)26-16-28-32(18-30(26)42-38(48)20(3)4)44(22(7)8)24(10)40(28,13)14/h15-24H,1-14H3,(H2,41,42,45,46,47,48). The van der Waals surface area contributed by atoms with Crippen LogP contribution in [0.1, 0.15) is 114 Å². The van der Waals surface area contributed by atoms with Gasteiger partial charge in [-0.25, -0.2) is 4.58 Å². The number of amides is 2. The van der Waals surface area contributed by atoms with E-state index >= 15 is 0 Å². The van der Waals surface area contributed by atoms with Gasteiger partial charge in [0.05, 0.1) is 16.8 Å². The van der Waals surface area contributed by atoms with Crippen LogP contribution in [0.3, 0.4) is 0 Å². The molecule has 2 aliphatic heterocycles. The molecule has 0 fully saturated rings. The summed E-state index contributed by atoms with van der Waals surface area (Å²) in [4.78, 5) is 42.9. The molecule has 3 aliphatic rings. The molecule has 5 rings (SSSR count). The van der Waals surface area contributed by atoms with Gasteiger partial charge in [-0.3, -0.25) is 14.4 Å². The Kier molecular flexibility index (Phi) is 8.76. The van der Waals surface area contributed by atoms with E-state index in [1.54, 1.807) is 0 Å². The smallest absolute Gasteiger partial charge is 0.226 e. The van der Waals surface area contributed by atoms with Crippen LogP contribution in [0.15, 0.2) is 30.0 Å². The van der Waals surface area contributed by atoms with E-state index in [0.717, 1.165) is 22.2 Å². The van der Waals surface area contributed by atoms with Gasteiger partial charge in [-0.15, -0.1) is 0 Å². The van der Waals surface area contributed by atoms with Crippen molar-refractivity contribution in [3.05, 3.63) is 57.3 Å². The molecule has 1 aliphatic carbocycles. The monoisotopic (exact) mass is 654 g/mol. The molecule has 0 radical (unpaired) electrons. The van der Waals surface area contributed by atoms with Crippen LogP contribution >= 0.6 is 0 Å². The summed E-state index contributed by atoms with van der Waals surface area (Å²) in [5.74, 6) is -1.73. The molecule has 0 bridgehead atoms. The van der Waals surface area contributed by atoms with Crippen LogP contribution in [0.25, 0.3) is 11.1 Å². The highest BCUT2D eigenvalue weighted by Crippen LogP contribution is 2.50. The molecule has 8 nitrogen and oxygen atoms in total. The fourth-order valence-corrected chi connectivity index (χ4v) is 7.71. The van der Waals surface area contributed by atoms with E-state index in [0.29, 0.717) is 22.2 Å². The topological polar surface area (TPSA) is 105 Å². The Morgan fingerprint density at radius 2 is 1.35 bits per heavy atom. The van der Waals surface area contributed by atoms with Gasteiger partial charge in [0, 0.05) is 68.6 Å². The number of anilines is 3. The maximum Gasteiger partial charge on any atom is 0.226 e. The van der Waals surface area contributed by atoms with Gasteiger partial charge < -0.3 is 20.6 Å². The van der Waals surface area contributed by atoms with E-state index in [4.69, 9.17) is 0 Å². The predicted octanol–water partition coefficient (Wildman–Crippen LogP) is 4.85. The van der Waals surface area contributed by atoms with Gasteiger partial charge in [-0.05, 0) is 79.2 Å². The average molecular weight is 655 g/mol. The molecule has 8 heteroatoms. The largest absolute Gasteiger partial charge is 0.871 e. The number of rotatable bonds is 7. The molecule has 0 spiro atoms. The fraction of sp³-hybridized carbons (Fsp3) is 0.550.